The highest BCUT2D eigenvalue weighted by Gasteiger charge is 2.24. The number of benzene rings is 2. The Balaban J connectivity index is 1.73. The standard InChI is InChI=1S/C21H25N3O/c1-16-7-9-18(10-8-16)15-24-20-6-4-3-5-19(20)22-21(24)17(2)23-11-13-25-14-12-23/h3-10,17H,11-15H2,1-2H3/t17-/m1/s1. The summed E-state index contributed by atoms with van der Waals surface area (Å²) in [5.74, 6) is 1.14. The zero-order valence-electron chi connectivity index (χ0n) is 15.0. The number of hydrogen-bond acceptors (Lipinski definition) is 3. The van der Waals surface area contributed by atoms with Crippen molar-refractivity contribution in [1.82, 2.24) is 14.5 Å². The van der Waals surface area contributed by atoms with Crippen LogP contribution >= 0.6 is 0 Å². The van der Waals surface area contributed by atoms with Crippen LogP contribution in [0.2, 0.25) is 0 Å². The van der Waals surface area contributed by atoms with E-state index in [4.69, 9.17) is 9.72 Å². The summed E-state index contributed by atoms with van der Waals surface area (Å²) in [5, 5.41) is 0. The maximum absolute atomic E-state index is 5.51. The summed E-state index contributed by atoms with van der Waals surface area (Å²) < 4.78 is 7.89. The Labute approximate surface area is 149 Å². The van der Waals surface area contributed by atoms with Gasteiger partial charge in [0.05, 0.1) is 30.3 Å². The molecule has 0 aliphatic carbocycles. The molecule has 0 radical (unpaired) electrons. The lowest BCUT2D eigenvalue weighted by Crippen LogP contribution is -2.39. The second kappa shape index (κ2) is 6.98. The van der Waals surface area contributed by atoms with Gasteiger partial charge in [0, 0.05) is 19.6 Å². The van der Waals surface area contributed by atoms with E-state index in [1.54, 1.807) is 0 Å². The van der Waals surface area contributed by atoms with Gasteiger partial charge in [-0.15, -0.1) is 0 Å². The molecule has 4 rings (SSSR count). The van der Waals surface area contributed by atoms with Gasteiger partial charge in [-0.2, -0.15) is 0 Å². The summed E-state index contributed by atoms with van der Waals surface area (Å²) in [6.45, 7) is 8.79. The smallest absolute Gasteiger partial charge is 0.127 e. The third kappa shape index (κ3) is 3.32. The summed E-state index contributed by atoms with van der Waals surface area (Å²) in [4.78, 5) is 7.45. The van der Waals surface area contributed by atoms with E-state index in [0.717, 1.165) is 44.2 Å². The van der Waals surface area contributed by atoms with Crippen LogP contribution in [0.5, 0.6) is 0 Å². The molecule has 1 saturated heterocycles. The quantitative estimate of drug-likeness (QED) is 0.727. The average Bonchev–Trinajstić information content (AvgIpc) is 3.02. The van der Waals surface area contributed by atoms with E-state index in [1.807, 2.05) is 0 Å². The minimum Gasteiger partial charge on any atom is -0.379 e. The summed E-state index contributed by atoms with van der Waals surface area (Å²) in [7, 11) is 0. The van der Waals surface area contributed by atoms with Crippen LogP contribution in [0.4, 0.5) is 0 Å². The van der Waals surface area contributed by atoms with Crippen LogP contribution in [-0.4, -0.2) is 40.8 Å². The number of para-hydroxylation sites is 2. The highest BCUT2D eigenvalue weighted by atomic mass is 16.5. The first-order valence-electron chi connectivity index (χ1n) is 9.05. The van der Waals surface area contributed by atoms with Crippen LogP contribution in [0.3, 0.4) is 0 Å². The van der Waals surface area contributed by atoms with Gasteiger partial charge < -0.3 is 9.30 Å². The molecule has 25 heavy (non-hydrogen) atoms. The fraction of sp³-hybridized carbons (Fsp3) is 0.381. The Morgan fingerprint density at radius 1 is 1.04 bits per heavy atom. The molecule has 4 nitrogen and oxygen atoms in total. The summed E-state index contributed by atoms with van der Waals surface area (Å²) in [6.07, 6.45) is 0. The molecular weight excluding hydrogens is 310 g/mol. The van der Waals surface area contributed by atoms with Crippen LogP contribution in [0.1, 0.15) is 29.9 Å². The van der Waals surface area contributed by atoms with Crippen molar-refractivity contribution in [1.29, 1.82) is 0 Å². The van der Waals surface area contributed by atoms with Gasteiger partial charge in [0.15, 0.2) is 0 Å². The molecule has 0 unspecified atom stereocenters. The van der Waals surface area contributed by atoms with Crippen LogP contribution in [-0.2, 0) is 11.3 Å². The van der Waals surface area contributed by atoms with Crippen LogP contribution in [0.15, 0.2) is 48.5 Å². The first-order chi connectivity index (χ1) is 12.2. The lowest BCUT2D eigenvalue weighted by atomic mass is 10.1. The number of aromatic nitrogens is 2. The highest BCUT2D eigenvalue weighted by molar-refractivity contribution is 5.76. The maximum Gasteiger partial charge on any atom is 0.127 e. The highest BCUT2D eigenvalue weighted by Crippen LogP contribution is 2.26. The molecule has 2 heterocycles. The molecule has 0 amide bonds. The summed E-state index contributed by atoms with van der Waals surface area (Å²) in [5.41, 5.74) is 4.88. The minimum absolute atomic E-state index is 0.279. The predicted octanol–water partition coefficient (Wildman–Crippen LogP) is 3.79. The Morgan fingerprint density at radius 3 is 2.52 bits per heavy atom. The van der Waals surface area contributed by atoms with Crippen molar-refractivity contribution in [3.63, 3.8) is 0 Å². The van der Waals surface area contributed by atoms with Gasteiger partial charge in [-0.3, -0.25) is 4.90 Å². The van der Waals surface area contributed by atoms with Crippen molar-refractivity contribution in [3.05, 3.63) is 65.5 Å². The third-order valence-electron chi connectivity index (χ3n) is 5.11. The van der Waals surface area contributed by atoms with Crippen molar-refractivity contribution >= 4 is 11.0 Å². The molecule has 1 fully saturated rings. The number of hydrogen-bond donors (Lipinski definition) is 0. The average molecular weight is 335 g/mol. The number of fused-ring (bicyclic) bond motifs is 1. The zero-order valence-corrected chi connectivity index (χ0v) is 15.0. The van der Waals surface area contributed by atoms with Crippen LogP contribution < -0.4 is 0 Å². The van der Waals surface area contributed by atoms with E-state index < -0.39 is 0 Å². The van der Waals surface area contributed by atoms with Crippen molar-refractivity contribution in [2.75, 3.05) is 26.3 Å². The van der Waals surface area contributed by atoms with E-state index in [2.05, 4.69) is 71.8 Å². The molecule has 0 spiro atoms. The number of aryl methyl sites for hydroxylation is 1. The van der Waals surface area contributed by atoms with Gasteiger partial charge in [0.2, 0.25) is 0 Å². The first kappa shape index (κ1) is 16.3. The Morgan fingerprint density at radius 2 is 1.76 bits per heavy atom. The molecular formula is C21H25N3O. The molecule has 4 heteroatoms. The Kier molecular flexibility index (Phi) is 4.55. The van der Waals surface area contributed by atoms with E-state index in [1.165, 1.54) is 16.6 Å². The van der Waals surface area contributed by atoms with Crippen LogP contribution in [0, 0.1) is 6.92 Å². The minimum atomic E-state index is 0.279. The lowest BCUT2D eigenvalue weighted by molar-refractivity contribution is 0.0177. The van der Waals surface area contributed by atoms with Gasteiger partial charge in [-0.05, 0) is 31.5 Å². The summed E-state index contributed by atoms with van der Waals surface area (Å²) >= 11 is 0. The van der Waals surface area contributed by atoms with Crippen molar-refractivity contribution in [2.45, 2.75) is 26.4 Å². The van der Waals surface area contributed by atoms with Gasteiger partial charge in [0.25, 0.3) is 0 Å². The van der Waals surface area contributed by atoms with Gasteiger partial charge in [0.1, 0.15) is 5.82 Å². The molecule has 1 atom stereocenters. The van der Waals surface area contributed by atoms with E-state index >= 15 is 0 Å². The molecule has 0 bridgehead atoms. The second-order valence-electron chi connectivity index (χ2n) is 6.85. The zero-order chi connectivity index (χ0) is 17.2. The monoisotopic (exact) mass is 335 g/mol. The second-order valence-corrected chi connectivity index (χ2v) is 6.85. The van der Waals surface area contributed by atoms with E-state index in [0.29, 0.717) is 0 Å². The molecule has 1 aliphatic rings. The van der Waals surface area contributed by atoms with Gasteiger partial charge >= 0.3 is 0 Å². The SMILES string of the molecule is Cc1ccc(Cn2c([C@@H](C)N3CCOCC3)nc3ccccc32)cc1. The molecule has 2 aromatic carbocycles. The number of nitrogens with zero attached hydrogens (tertiary/aromatic N) is 3. The molecule has 1 aromatic heterocycles. The number of ether oxygens (including phenoxy) is 1. The fourth-order valence-corrected chi connectivity index (χ4v) is 3.58. The normalized spacial score (nSPS) is 17.0. The largest absolute Gasteiger partial charge is 0.379 e. The van der Waals surface area contributed by atoms with Crippen molar-refractivity contribution in [3.8, 4) is 0 Å². The molecule has 3 aromatic rings. The van der Waals surface area contributed by atoms with Gasteiger partial charge in [-0.1, -0.05) is 42.0 Å². The van der Waals surface area contributed by atoms with Crippen molar-refractivity contribution < 1.29 is 4.74 Å². The first-order valence-corrected chi connectivity index (χ1v) is 9.05. The van der Waals surface area contributed by atoms with E-state index in [9.17, 15) is 0 Å². The number of imidazole rings is 1. The Bertz CT molecular complexity index is 847. The maximum atomic E-state index is 5.51. The molecule has 1 aliphatic heterocycles. The predicted molar refractivity (Wildman–Crippen MR) is 101 cm³/mol. The third-order valence-corrected chi connectivity index (χ3v) is 5.11. The summed E-state index contributed by atoms with van der Waals surface area (Å²) in [6, 6.07) is 17.5. The topological polar surface area (TPSA) is 30.3 Å². The van der Waals surface area contributed by atoms with Crippen molar-refractivity contribution in [2.24, 2.45) is 0 Å². The van der Waals surface area contributed by atoms with Crippen LogP contribution in [0.25, 0.3) is 11.0 Å². The Hall–Kier alpha value is -2.17. The van der Waals surface area contributed by atoms with E-state index in [-0.39, 0.29) is 6.04 Å². The molecule has 130 valence electrons. The fourth-order valence-electron chi connectivity index (χ4n) is 3.58. The molecule has 0 saturated carbocycles. The lowest BCUT2D eigenvalue weighted by Gasteiger charge is -2.32. The number of rotatable bonds is 4. The number of morpholine rings is 1. The van der Waals surface area contributed by atoms with Gasteiger partial charge in [-0.25, -0.2) is 4.98 Å². The molecule has 0 N–H and O–H groups in total.